The summed E-state index contributed by atoms with van der Waals surface area (Å²) in [4.78, 5) is 15.9. The van der Waals surface area contributed by atoms with Crippen LogP contribution in [0.5, 0.6) is 0 Å². The first kappa shape index (κ1) is 9.19. The summed E-state index contributed by atoms with van der Waals surface area (Å²) >= 11 is 0. The van der Waals surface area contributed by atoms with Gasteiger partial charge in [0.15, 0.2) is 0 Å². The lowest BCUT2D eigenvalue weighted by atomic mass is 9.85. The van der Waals surface area contributed by atoms with Gasteiger partial charge in [0, 0.05) is 12.6 Å². The number of carbonyl (C=O) groups is 1. The summed E-state index contributed by atoms with van der Waals surface area (Å²) in [7, 11) is 0. The first-order valence-corrected chi connectivity index (χ1v) is 5.02. The number of nitrogen functional groups attached to an aromatic ring is 1. The van der Waals surface area contributed by atoms with E-state index >= 15 is 0 Å². The molecule has 1 aliphatic carbocycles. The van der Waals surface area contributed by atoms with Crippen molar-refractivity contribution in [2.45, 2.75) is 31.6 Å². The highest BCUT2D eigenvalue weighted by atomic mass is 16.1. The lowest BCUT2D eigenvalue weighted by molar-refractivity contribution is -0.121. The summed E-state index contributed by atoms with van der Waals surface area (Å²) in [5.41, 5.74) is 7.22. The molecule has 1 atom stereocenters. The standard InChI is InChI=1S/C11H14N2O/c12-9-5-3-7-13-11(9)8-4-1-2-6-10(8)14/h3,5,7-8H,1-2,4,6,12H2. The van der Waals surface area contributed by atoms with E-state index in [1.54, 1.807) is 12.3 Å². The smallest absolute Gasteiger partial charge is 0.142 e. The highest BCUT2D eigenvalue weighted by Crippen LogP contribution is 2.31. The molecule has 0 bridgehead atoms. The van der Waals surface area contributed by atoms with Gasteiger partial charge in [0.2, 0.25) is 0 Å². The minimum atomic E-state index is -0.0510. The van der Waals surface area contributed by atoms with Crippen molar-refractivity contribution in [3.63, 3.8) is 0 Å². The summed E-state index contributed by atoms with van der Waals surface area (Å²) in [5.74, 6) is 0.242. The monoisotopic (exact) mass is 190 g/mol. The maximum Gasteiger partial charge on any atom is 0.142 e. The molecule has 0 amide bonds. The minimum absolute atomic E-state index is 0.0510. The molecule has 0 aromatic carbocycles. The van der Waals surface area contributed by atoms with E-state index in [1.165, 1.54) is 0 Å². The van der Waals surface area contributed by atoms with E-state index in [-0.39, 0.29) is 5.92 Å². The number of nitrogens with two attached hydrogens (primary N) is 1. The van der Waals surface area contributed by atoms with Crippen LogP contribution in [-0.2, 0) is 4.79 Å². The van der Waals surface area contributed by atoms with E-state index < -0.39 is 0 Å². The molecule has 1 saturated carbocycles. The molecule has 3 heteroatoms. The zero-order valence-electron chi connectivity index (χ0n) is 8.07. The van der Waals surface area contributed by atoms with Gasteiger partial charge in [-0.2, -0.15) is 0 Å². The van der Waals surface area contributed by atoms with Gasteiger partial charge < -0.3 is 5.73 Å². The quantitative estimate of drug-likeness (QED) is 0.735. The molecule has 0 spiro atoms. The lowest BCUT2D eigenvalue weighted by Crippen LogP contribution is -2.19. The Morgan fingerprint density at radius 3 is 3.00 bits per heavy atom. The van der Waals surface area contributed by atoms with Crippen LogP contribution in [0.1, 0.15) is 37.3 Å². The fourth-order valence-electron chi connectivity index (χ4n) is 1.99. The Bertz CT molecular complexity index is 349. The van der Waals surface area contributed by atoms with Crippen LogP contribution in [0.3, 0.4) is 0 Å². The Hall–Kier alpha value is -1.38. The topological polar surface area (TPSA) is 56.0 Å². The average molecular weight is 190 g/mol. The molecule has 1 aromatic rings. The first-order chi connectivity index (χ1) is 6.79. The van der Waals surface area contributed by atoms with E-state index in [9.17, 15) is 4.79 Å². The van der Waals surface area contributed by atoms with Crippen LogP contribution in [0.25, 0.3) is 0 Å². The van der Waals surface area contributed by atoms with Crippen molar-refractivity contribution in [1.29, 1.82) is 0 Å². The van der Waals surface area contributed by atoms with Crippen LogP contribution in [0.4, 0.5) is 5.69 Å². The van der Waals surface area contributed by atoms with Gasteiger partial charge in [0.05, 0.1) is 17.3 Å². The Kier molecular flexibility index (Phi) is 2.48. The Morgan fingerprint density at radius 1 is 1.43 bits per heavy atom. The third-order valence-electron chi connectivity index (χ3n) is 2.76. The molecule has 2 rings (SSSR count). The van der Waals surface area contributed by atoms with Gasteiger partial charge in [0.1, 0.15) is 5.78 Å². The molecule has 3 nitrogen and oxygen atoms in total. The van der Waals surface area contributed by atoms with Crippen LogP contribution in [-0.4, -0.2) is 10.8 Å². The molecule has 1 aromatic heterocycles. The van der Waals surface area contributed by atoms with Crippen LogP contribution in [0.2, 0.25) is 0 Å². The molecule has 1 fully saturated rings. The van der Waals surface area contributed by atoms with Gasteiger partial charge in [0.25, 0.3) is 0 Å². The number of pyridine rings is 1. The van der Waals surface area contributed by atoms with Crippen molar-refractivity contribution in [2.75, 3.05) is 5.73 Å². The number of rotatable bonds is 1. The zero-order chi connectivity index (χ0) is 9.97. The number of anilines is 1. The van der Waals surface area contributed by atoms with Gasteiger partial charge in [-0.3, -0.25) is 9.78 Å². The third kappa shape index (κ3) is 1.62. The lowest BCUT2D eigenvalue weighted by Gasteiger charge is -2.20. The second kappa shape index (κ2) is 3.78. The van der Waals surface area contributed by atoms with Gasteiger partial charge in [-0.25, -0.2) is 0 Å². The average Bonchev–Trinajstić information content (AvgIpc) is 2.20. The second-order valence-electron chi connectivity index (χ2n) is 3.74. The summed E-state index contributed by atoms with van der Waals surface area (Å²) in [6.07, 6.45) is 5.41. The molecule has 2 N–H and O–H groups in total. The first-order valence-electron chi connectivity index (χ1n) is 5.02. The molecule has 1 aliphatic rings. The van der Waals surface area contributed by atoms with Crippen molar-refractivity contribution in [2.24, 2.45) is 0 Å². The minimum Gasteiger partial charge on any atom is -0.397 e. The second-order valence-corrected chi connectivity index (χ2v) is 3.74. The van der Waals surface area contributed by atoms with E-state index in [0.29, 0.717) is 17.9 Å². The summed E-state index contributed by atoms with van der Waals surface area (Å²) < 4.78 is 0. The SMILES string of the molecule is Nc1cccnc1C1CCCCC1=O. The molecule has 1 heterocycles. The largest absolute Gasteiger partial charge is 0.397 e. The van der Waals surface area contributed by atoms with Gasteiger partial charge in [-0.1, -0.05) is 6.42 Å². The van der Waals surface area contributed by atoms with Crippen molar-refractivity contribution < 1.29 is 4.79 Å². The fourth-order valence-corrected chi connectivity index (χ4v) is 1.99. The molecular weight excluding hydrogens is 176 g/mol. The number of hydrogen-bond acceptors (Lipinski definition) is 3. The Labute approximate surface area is 83.3 Å². The number of nitrogens with zero attached hydrogens (tertiary/aromatic N) is 1. The highest BCUT2D eigenvalue weighted by Gasteiger charge is 2.26. The number of Topliss-reactive ketones (excluding diaryl/α,β-unsaturated/α-hetero) is 1. The van der Waals surface area contributed by atoms with E-state index in [4.69, 9.17) is 5.73 Å². The number of ketones is 1. The van der Waals surface area contributed by atoms with Crippen LogP contribution in [0.15, 0.2) is 18.3 Å². The van der Waals surface area contributed by atoms with Gasteiger partial charge in [-0.15, -0.1) is 0 Å². The van der Waals surface area contributed by atoms with Crippen LogP contribution < -0.4 is 5.73 Å². The number of hydrogen-bond donors (Lipinski definition) is 1. The summed E-state index contributed by atoms with van der Waals surface area (Å²) in [6, 6.07) is 3.61. The number of carbonyl (C=O) groups excluding carboxylic acids is 1. The van der Waals surface area contributed by atoms with Crippen molar-refractivity contribution in [3.05, 3.63) is 24.0 Å². The molecule has 0 saturated heterocycles. The molecule has 0 radical (unpaired) electrons. The van der Waals surface area contributed by atoms with Gasteiger partial charge >= 0.3 is 0 Å². The zero-order valence-corrected chi connectivity index (χ0v) is 8.07. The third-order valence-corrected chi connectivity index (χ3v) is 2.76. The predicted octanol–water partition coefficient (Wildman–Crippen LogP) is 1.89. The highest BCUT2D eigenvalue weighted by molar-refractivity contribution is 5.87. The van der Waals surface area contributed by atoms with Crippen LogP contribution >= 0.6 is 0 Å². The Morgan fingerprint density at radius 2 is 2.29 bits per heavy atom. The van der Waals surface area contributed by atoms with Crippen molar-refractivity contribution in [1.82, 2.24) is 4.98 Å². The van der Waals surface area contributed by atoms with Crippen molar-refractivity contribution >= 4 is 11.5 Å². The molecule has 74 valence electrons. The van der Waals surface area contributed by atoms with E-state index in [2.05, 4.69) is 4.98 Å². The van der Waals surface area contributed by atoms with Crippen LogP contribution in [0, 0.1) is 0 Å². The van der Waals surface area contributed by atoms with E-state index in [0.717, 1.165) is 25.0 Å². The molecule has 0 aliphatic heterocycles. The maximum atomic E-state index is 11.7. The van der Waals surface area contributed by atoms with E-state index in [1.807, 2.05) is 6.07 Å². The fraction of sp³-hybridized carbons (Fsp3) is 0.455. The van der Waals surface area contributed by atoms with Crippen molar-refractivity contribution in [3.8, 4) is 0 Å². The van der Waals surface area contributed by atoms with Gasteiger partial charge in [-0.05, 0) is 25.0 Å². The molecule has 1 unspecified atom stereocenters. The molecule has 14 heavy (non-hydrogen) atoms. The molecular formula is C11H14N2O. The summed E-state index contributed by atoms with van der Waals surface area (Å²) in [5, 5.41) is 0. The summed E-state index contributed by atoms with van der Waals surface area (Å²) in [6.45, 7) is 0. The predicted molar refractivity (Wildman–Crippen MR) is 54.9 cm³/mol. The Balaban J connectivity index is 2.29. The number of aromatic nitrogens is 1. The maximum absolute atomic E-state index is 11.7. The normalized spacial score (nSPS) is 22.3.